The summed E-state index contributed by atoms with van der Waals surface area (Å²) < 4.78 is 5.53. The van der Waals surface area contributed by atoms with Gasteiger partial charge in [0.15, 0.2) is 0 Å². The molecule has 4 nitrogen and oxygen atoms in total. The number of nitrogens with zero attached hydrogens (tertiary/aromatic N) is 2. The van der Waals surface area contributed by atoms with Crippen molar-refractivity contribution in [1.82, 2.24) is 9.97 Å². The van der Waals surface area contributed by atoms with Crippen LogP contribution in [-0.4, -0.2) is 16.6 Å². The van der Waals surface area contributed by atoms with Crippen molar-refractivity contribution < 1.29 is 4.74 Å². The Kier molecular flexibility index (Phi) is 2.98. The minimum Gasteiger partial charge on any atom is -0.494 e. The Morgan fingerprint density at radius 1 is 1.45 bits per heavy atom. The maximum absolute atomic E-state index is 9.26. The molecule has 3 rings (SSSR count). The average Bonchev–Trinajstić information content (AvgIpc) is 3.16. The molecule has 2 aromatic rings. The van der Waals surface area contributed by atoms with E-state index >= 15 is 0 Å². The number of aromatic nitrogens is 2. The molecule has 0 spiro atoms. The lowest BCUT2D eigenvalue weighted by Crippen LogP contribution is -2.04. The number of aryl methyl sites for hydroxylation is 1. The number of ether oxygens (including phenoxy) is 1. The highest BCUT2D eigenvalue weighted by atomic mass is 16.5. The summed E-state index contributed by atoms with van der Waals surface area (Å²) in [6.07, 6.45) is 1.80. The van der Waals surface area contributed by atoms with Crippen molar-refractivity contribution >= 4 is 0 Å². The standard InChI is InChI=1S/C16H17N3O/c1-3-20-13-6-4-5-12(9-13)14-11(2)18-15(19-14)16(10-17)7-8-16/h4-6,9H,3,7-8H2,1-2H3,(H,18,19). The fourth-order valence-electron chi connectivity index (χ4n) is 2.39. The van der Waals surface area contributed by atoms with Gasteiger partial charge in [0.2, 0.25) is 0 Å². The van der Waals surface area contributed by atoms with Gasteiger partial charge in [0, 0.05) is 11.3 Å². The summed E-state index contributed by atoms with van der Waals surface area (Å²) in [4.78, 5) is 7.93. The molecule has 0 bridgehead atoms. The number of benzene rings is 1. The quantitative estimate of drug-likeness (QED) is 0.924. The average molecular weight is 267 g/mol. The van der Waals surface area contributed by atoms with E-state index in [1.165, 1.54) is 0 Å². The summed E-state index contributed by atoms with van der Waals surface area (Å²) in [5, 5.41) is 9.26. The molecule has 1 saturated carbocycles. The van der Waals surface area contributed by atoms with E-state index in [4.69, 9.17) is 4.74 Å². The van der Waals surface area contributed by atoms with Gasteiger partial charge < -0.3 is 9.72 Å². The van der Waals surface area contributed by atoms with Crippen molar-refractivity contribution in [1.29, 1.82) is 5.26 Å². The zero-order chi connectivity index (χ0) is 14.2. The number of imidazole rings is 1. The third-order valence-corrected chi connectivity index (χ3v) is 3.72. The number of nitrogens with one attached hydrogen (secondary N) is 1. The molecule has 0 unspecified atom stereocenters. The zero-order valence-electron chi connectivity index (χ0n) is 11.7. The van der Waals surface area contributed by atoms with E-state index in [0.717, 1.165) is 41.4 Å². The highest BCUT2D eigenvalue weighted by molar-refractivity contribution is 5.64. The lowest BCUT2D eigenvalue weighted by atomic mass is 10.1. The van der Waals surface area contributed by atoms with Gasteiger partial charge >= 0.3 is 0 Å². The van der Waals surface area contributed by atoms with Gasteiger partial charge in [0.25, 0.3) is 0 Å². The molecule has 0 atom stereocenters. The zero-order valence-corrected chi connectivity index (χ0v) is 11.7. The van der Waals surface area contributed by atoms with Crippen molar-refractivity contribution in [2.45, 2.75) is 32.1 Å². The molecule has 0 aliphatic heterocycles. The monoisotopic (exact) mass is 267 g/mol. The van der Waals surface area contributed by atoms with Gasteiger partial charge in [-0.05, 0) is 38.8 Å². The third kappa shape index (κ3) is 2.05. The van der Waals surface area contributed by atoms with Gasteiger partial charge in [-0.2, -0.15) is 5.26 Å². The van der Waals surface area contributed by atoms with E-state index in [-0.39, 0.29) is 5.41 Å². The topological polar surface area (TPSA) is 61.7 Å². The number of H-pyrrole nitrogens is 1. The first-order chi connectivity index (χ1) is 9.68. The van der Waals surface area contributed by atoms with E-state index in [2.05, 4.69) is 16.0 Å². The number of nitriles is 1. The molecular weight excluding hydrogens is 250 g/mol. The first-order valence-electron chi connectivity index (χ1n) is 6.90. The van der Waals surface area contributed by atoms with Crippen molar-refractivity contribution in [3.8, 4) is 23.1 Å². The van der Waals surface area contributed by atoms with Gasteiger partial charge in [-0.3, -0.25) is 0 Å². The van der Waals surface area contributed by atoms with Gasteiger partial charge in [0.1, 0.15) is 17.0 Å². The van der Waals surface area contributed by atoms with Gasteiger partial charge in [0.05, 0.1) is 18.4 Å². The lowest BCUT2D eigenvalue weighted by Gasteiger charge is -2.05. The molecule has 1 heterocycles. The smallest absolute Gasteiger partial charge is 0.127 e. The van der Waals surface area contributed by atoms with Crippen LogP contribution in [0.3, 0.4) is 0 Å². The van der Waals surface area contributed by atoms with E-state index in [9.17, 15) is 5.26 Å². The Bertz CT molecular complexity index is 677. The first kappa shape index (κ1) is 12.7. The molecule has 1 aromatic carbocycles. The van der Waals surface area contributed by atoms with Crippen molar-refractivity contribution in [2.24, 2.45) is 0 Å². The fourth-order valence-corrected chi connectivity index (χ4v) is 2.39. The van der Waals surface area contributed by atoms with E-state index in [1.807, 2.05) is 38.1 Å². The Hall–Kier alpha value is -2.28. The minimum atomic E-state index is -0.374. The fraction of sp³-hybridized carbons (Fsp3) is 0.375. The highest BCUT2D eigenvalue weighted by Crippen LogP contribution is 2.46. The number of hydrogen-bond acceptors (Lipinski definition) is 3. The lowest BCUT2D eigenvalue weighted by molar-refractivity contribution is 0.340. The molecule has 1 aromatic heterocycles. The van der Waals surface area contributed by atoms with E-state index in [1.54, 1.807) is 0 Å². The molecule has 1 N–H and O–H groups in total. The SMILES string of the molecule is CCOc1cccc(-c2nc(C3(C#N)CC3)[nH]c2C)c1. The first-order valence-corrected chi connectivity index (χ1v) is 6.90. The molecule has 102 valence electrons. The second kappa shape index (κ2) is 4.68. The Labute approximate surface area is 118 Å². The summed E-state index contributed by atoms with van der Waals surface area (Å²) in [5.74, 6) is 1.64. The molecule has 1 aliphatic carbocycles. The Morgan fingerprint density at radius 3 is 2.90 bits per heavy atom. The van der Waals surface area contributed by atoms with Crippen LogP contribution in [0.25, 0.3) is 11.3 Å². The molecule has 1 fully saturated rings. The minimum absolute atomic E-state index is 0.374. The summed E-state index contributed by atoms with van der Waals surface area (Å²) in [6, 6.07) is 10.3. The van der Waals surface area contributed by atoms with Crippen LogP contribution in [0.15, 0.2) is 24.3 Å². The second-order valence-corrected chi connectivity index (χ2v) is 5.21. The molecule has 0 amide bonds. The van der Waals surface area contributed by atoms with Crippen molar-refractivity contribution in [3.63, 3.8) is 0 Å². The van der Waals surface area contributed by atoms with Gasteiger partial charge in [-0.25, -0.2) is 4.98 Å². The summed E-state index contributed by atoms with van der Waals surface area (Å²) in [7, 11) is 0. The maximum Gasteiger partial charge on any atom is 0.127 e. The molecule has 4 heteroatoms. The van der Waals surface area contributed by atoms with Gasteiger partial charge in [-0.15, -0.1) is 0 Å². The van der Waals surface area contributed by atoms with E-state index < -0.39 is 0 Å². The van der Waals surface area contributed by atoms with Crippen molar-refractivity contribution in [3.05, 3.63) is 35.8 Å². The molecule has 20 heavy (non-hydrogen) atoms. The predicted molar refractivity (Wildman–Crippen MR) is 76.5 cm³/mol. The van der Waals surface area contributed by atoms with Crippen molar-refractivity contribution in [2.75, 3.05) is 6.61 Å². The number of rotatable bonds is 4. The van der Waals surface area contributed by atoms with E-state index in [0.29, 0.717) is 6.61 Å². The van der Waals surface area contributed by atoms with Crippen LogP contribution in [0.2, 0.25) is 0 Å². The molecular formula is C16H17N3O. The maximum atomic E-state index is 9.26. The van der Waals surface area contributed by atoms with Crippen LogP contribution in [0.4, 0.5) is 0 Å². The Morgan fingerprint density at radius 2 is 2.25 bits per heavy atom. The highest BCUT2D eigenvalue weighted by Gasteiger charge is 2.48. The van der Waals surface area contributed by atoms with Crippen LogP contribution >= 0.6 is 0 Å². The summed E-state index contributed by atoms with van der Waals surface area (Å²) in [6.45, 7) is 4.60. The number of aromatic amines is 1. The van der Waals surface area contributed by atoms with Crippen LogP contribution in [0.5, 0.6) is 5.75 Å². The third-order valence-electron chi connectivity index (χ3n) is 3.72. The Balaban J connectivity index is 1.99. The largest absolute Gasteiger partial charge is 0.494 e. The normalized spacial score (nSPS) is 15.7. The second-order valence-electron chi connectivity index (χ2n) is 5.21. The molecule has 0 radical (unpaired) electrons. The molecule has 1 aliphatic rings. The van der Waals surface area contributed by atoms with Gasteiger partial charge in [-0.1, -0.05) is 12.1 Å². The summed E-state index contributed by atoms with van der Waals surface area (Å²) >= 11 is 0. The van der Waals surface area contributed by atoms with Crippen LogP contribution in [-0.2, 0) is 5.41 Å². The van der Waals surface area contributed by atoms with Crippen LogP contribution < -0.4 is 4.74 Å². The summed E-state index contributed by atoms with van der Waals surface area (Å²) in [5.41, 5.74) is 2.54. The molecule has 0 saturated heterocycles. The van der Waals surface area contributed by atoms with Crippen LogP contribution in [0, 0.1) is 18.3 Å². The van der Waals surface area contributed by atoms with Crippen LogP contribution in [0.1, 0.15) is 31.3 Å². The predicted octanol–water partition coefficient (Wildman–Crippen LogP) is 3.34. The number of hydrogen-bond donors (Lipinski definition) is 1.